The highest BCUT2D eigenvalue weighted by Gasteiger charge is 2.36. The Morgan fingerprint density at radius 1 is 0.871 bits per heavy atom. The lowest BCUT2D eigenvalue weighted by atomic mass is 10.1. The van der Waals surface area contributed by atoms with Crippen molar-refractivity contribution in [2.24, 2.45) is 0 Å². The first-order chi connectivity index (χ1) is 15.0. The number of hydrogen-bond donors (Lipinski definition) is 0. The van der Waals surface area contributed by atoms with Crippen molar-refractivity contribution in [1.29, 1.82) is 0 Å². The molecular weight excluding hydrogens is 428 g/mol. The Labute approximate surface area is 188 Å². The van der Waals surface area contributed by atoms with Crippen LogP contribution in [0.2, 0.25) is 0 Å². The summed E-state index contributed by atoms with van der Waals surface area (Å²) in [4.78, 5) is 3.61. The van der Waals surface area contributed by atoms with Gasteiger partial charge in [0.05, 0.1) is 10.9 Å². The number of likely N-dealkylation sites (N-methyl/N-ethyl adjacent to an activating group) is 1. The molecule has 0 bridgehead atoms. The van der Waals surface area contributed by atoms with Gasteiger partial charge in [0.15, 0.2) is 0 Å². The second-order valence-electron chi connectivity index (χ2n) is 7.55. The Balaban J connectivity index is 1.55. The fourth-order valence-electron chi connectivity index (χ4n) is 3.73. The quantitative estimate of drug-likeness (QED) is 0.497. The molecule has 0 aliphatic carbocycles. The van der Waals surface area contributed by atoms with Crippen LogP contribution in [0.25, 0.3) is 0 Å². The van der Waals surface area contributed by atoms with Crippen molar-refractivity contribution in [3.05, 3.63) is 84.4 Å². The highest BCUT2D eigenvalue weighted by Crippen LogP contribution is 2.32. The number of nitrogens with zero attached hydrogens (tertiary/aromatic N) is 2. The van der Waals surface area contributed by atoms with Gasteiger partial charge < -0.3 is 9.64 Å². The molecule has 1 aliphatic rings. The first-order valence-corrected chi connectivity index (χ1v) is 12.8. The summed E-state index contributed by atoms with van der Waals surface area (Å²) < 4.78 is 34.5. The third kappa shape index (κ3) is 4.96. The van der Waals surface area contributed by atoms with E-state index in [9.17, 15) is 8.42 Å². The molecule has 5 nitrogen and oxygen atoms in total. The highest BCUT2D eigenvalue weighted by molar-refractivity contribution is 7.98. The minimum Gasteiger partial charge on any atom is -0.457 e. The van der Waals surface area contributed by atoms with Crippen LogP contribution in [-0.4, -0.2) is 50.6 Å². The lowest BCUT2D eigenvalue weighted by Gasteiger charge is -2.39. The second-order valence-corrected chi connectivity index (χ2v) is 10.3. The van der Waals surface area contributed by atoms with Crippen LogP contribution in [0, 0.1) is 0 Å². The van der Waals surface area contributed by atoms with E-state index < -0.39 is 10.0 Å². The van der Waals surface area contributed by atoms with Gasteiger partial charge in [0.25, 0.3) is 0 Å². The maximum atomic E-state index is 13.5. The van der Waals surface area contributed by atoms with Gasteiger partial charge in [-0.2, -0.15) is 4.31 Å². The van der Waals surface area contributed by atoms with Gasteiger partial charge in [-0.05, 0) is 67.4 Å². The molecule has 162 valence electrons. The van der Waals surface area contributed by atoms with Crippen LogP contribution < -0.4 is 4.74 Å². The van der Waals surface area contributed by atoms with Crippen molar-refractivity contribution in [2.75, 3.05) is 32.9 Å². The lowest BCUT2D eigenvalue weighted by Crippen LogP contribution is -2.49. The fraction of sp³-hybridized carbons (Fsp3) is 0.250. The van der Waals surface area contributed by atoms with Gasteiger partial charge in [0.1, 0.15) is 11.5 Å². The number of sulfonamides is 1. The minimum absolute atomic E-state index is 0.212. The van der Waals surface area contributed by atoms with Crippen molar-refractivity contribution in [2.45, 2.75) is 15.8 Å². The van der Waals surface area contributed by atoms with E-state index in [0.29, 0.717) is 25.4 Å². The van der Waals surface area contributed by atoms with Crippen LogP contribution >= 0.6 is 11.8 Å². The van der Waals surface area contributed by atoms with E-state index in [1.54, 1.807) is 40.3 Å². The van der Waals surface area contributed by atoms with Crippen LogP contribution in [0.15, 0.2) is 88.7 Å². The largest absolute Gasteiger partial charge is 0.457 e. The maximum Gasteiger partial charge on any atom is 0.243 e. The van der Waals surface area contributed by atoms with Gasteiger partial charge in [-0.25, -0.2) is 8.42 Å². The van der Waals surface area contributed by atoms with Crippen LogP contribution in [0.1, 0.15) is 11.6 Å². The van der Waals surface area contributed by atoms with Gasteiger partial charge >= 0.3 is 0 Å². The summed E-state index contributed by atoms with van der Waals surface area (Å²) >= 11 is 1.67. The molecule has 0 N–H and O–H groups in total. The van der Waals surface area contributed by atoms with Crippen LogP contribution in [0.3, 0.4) is 0 Å². The van der Waals surface area contributed by atoms with Crippen molar-refractivity contribution < 1.29 is 13.2 Å². The summed E-state index contributed by atoms with van der Waals surface area (Å²) in [7, 11) is -1.61. The lowest BCUT2D eigenvalue weighted by molar-refractivity contribution is 0.160. The molecule has 0 aromatic heterocycles. The van der Waals surface area contributed by atoms with Gasteiger partial charge in [-0.3, -0.25) is 0 Å². The molecule has 0 spiro atoms. The van der Waals surface area contributed by atoms with Crippen LogP contribution in [0.4, 0.5) is 0 Å². The van der Waals surface area contributed by atoms with Gasteiger partial charge in [-0.1, -0.05) is 30.3 Å². The Morgan fingerprint density at radius 2 is 1.48 bits per heavy atom. The van der Waals surface area contributed by atoms with Crippen LogP contribution in [-0.2, 0) is 10.0 Å². The van der Waals surface area contributed by atoms with Crippen molar-refractivity contribution >= 4 is 21.8 Å². The molecule has 1 saturated heterocycles. The molecule has 1 fully saturated rings. The molecule has 31 heavy (non-hydrogen) atoms. The Morgan fingerprint density at radius 3 is 2.10 bits per heavy atom. The molecule has 1 aliphatic heterocycles. The molecule has 7 heteroatoms. The summed E-state index contributed by atoms with van der Waals surface area (Å²) in [5.41, 5.74) is 1.01. The number of rotatable bonds is 6. The number of thioether (sulfide) groups is 1. The number of benzene rings is 3. The summed E-state index contributed by atoms with van der Waals surface area (Å²) in [6.45, 7) is 1.82. The summed E-state index contributed by atoms with van der Waals surface area (Å²) in [5, 5.41) is 0. The number of ether oxygens (including phenoxy) is 1. The van der Waals surface area contributed by atoms with Crippen molar-refractivity contribution in [3.8, 4) is 11.5 Å². The molecule has 1 atom stereocenters. The molecular formula is C24H26N2O3S2. The molecule has 0 radical (unpaired) electrons. The van der Waals surface area contributed by atoms with Crippen LogP contribution in [0.5, 0.6) is 11.5 Å². The topological polar surface area (TPSA) is 49.9 Å². The SMILES string of the molecule is CSc1ccc(Oc2ccc(S(=O)(=O)N3CCN(C)CC3c3ccccc3)cc2)cc1. The molecule has 3 aromatic carbocycles. The van der Waals surface area contributed by atoms with Gasteiger partial charge in [0.2, 0.25) is 10.0 Å². The first-order valence-electron chi connectivity index (χ1n) is 10.1. The van der Waals surface area contributed by atoms with Gasteiger partial charge in [-0.15, -0.1) is 11.8 Å². The Kier molecular flexibility index (Phi) is 6.67. The van der Waals surface area contributed by atoms with Crippen molar-refractivity contribution in [1.82, 2.24) is 9.21 Å². The number of piperazine rings is 1. The minimum atomic E-state index is -3.63. The highest BCUT2D eigenvalue weighted by atomic mass is 32.2. The van der Waals surface area contributed by atoms with E-state index in [0.717, 1.165) is 16.2 Å². The zero-order chi connectivity index (χ0) is 21.8. The monoisotopic (exact) mass is 454 g/mol. The van der Waals surface area contributed by atoms with E-state index in [2.05, 4.69) is 4.90 Å². The smallest absolute Gasteiger partial charge is 0.243 e. The summed E-state index contributed by atoms with van der Waals surface area (Å²) in [5.74, 6) is 1.32. The average Bonchev–Trinajstić information content (AvgIpc) is 2.80. The molecule has 3 aromatic rings. The third-order valence-electron chi connectivity index (χ3n) is 5.44. The van der Waals surface area contributed by atoms with E-state index in [-0.39, 0.29) is 10.9 Å². The summed E-state index contributed by atoms with van der Waals surface area (Å²) in [6.07, 6.45) is 2.03. The zero-order valence-electron chi connectivity index (χ0n) is 17.6. The van der Waals surface area contributed by atoms with E-state index in [1.807, 2.05) is 67.9 Å². The standard InChI is InChI=1S/C24H26N2O3S2/c1-25-16-17-26(24(18-25)19-6-4-3-5-7-19)31(27,28)23-14-10-21(11-15-23)29-20-8-12-22(30-2)13-9-20/h3-15,24H,16-18H2,1-2H3. The van der Waals surface area contributed by atoms with Gasteiger partial charge in [0, 0.05) is 24.5 Å². The maximum absolute atomic E-state index is 13.5. The van der Waals surface area contributed by atoms with Crippen molar-refractivity contribution in [3.63, 3.8) is 0 Å². The number of hydrogen-bond acceptors (Lipinski definition) is 5. The normalized spacial score (nSPS) is 18.1. The zero-order valence-corrected chi connectivity index (χ0v) is 19.3. The molecule has 1 unspecified atom stereocenters. The average molecular weight is 455 g/mol. The predicted molar refractivity (Wildman–Crippen MR) is 125 cm³/mol. The second kappa shape index (κ2) is 9.44. The Hall–Kier alpha value is -2.32. The van der Waals surface area contributed by atoms with E-state index in [4.69, 9.17) is 4.74 Å². The molecule has 1 heterocycles. The fourth-order valence-corrected chi connectivity index (χ4v) is 5.74. The Bertz CT molecular complexity index is 1100. The molecule has 4 rings (SSSR count). The summed E-state index contributed by atoms with van der Waals surface area (Å²) in [6, 6.07) is 24.1. The predicted octanol–water partition coefficient (Wildman–Crippen LogP) is 4.88. The van der Waals surface area contributed by atoms with E-state index >= 15 is 0 Å². The molecule has 0 saturated carbocycles. The first kappa shape index (κ1) is 21.9. The third-order valence-corrected chi connectivity index (χ3v) is 8.11. The van der Waals surface area contributed by atoms with E-state index in [1.165, 1.54) is 0 Å². The molecule has 0 amide bonds.